The lowest BCUT2D eigenvalue weighted by molar-refractivity contribution is 0.671. The zero-order valence-corrected chi connectivity index (χ0v) is 13.2. The van der Waals surface area contributed by atoms with Gasteiger partial charge >= 0.3 is 5.69 Å². The van der Waals surface area contributed by atoms with Gasteiger partial charge in [-0.25, -0.2) is 9.78 Å². The lowest BCUT2D eigenvalue weighted by atomic mass is 10.3. The molecule has 2 rings (SSSR count). The van der Waals surface area contributed by atoms with Crippen LogP contribution in [0.2, 0.25) is 5.15 Å². The molecule has 0 spiro atoms. The topological polar surface area (TPSA) is 68.9 Å². The van der Waals surface area contributed by atoms with Crippen LogP contribution in [-0.2, 0) is 20.6 Å². The van der Waals surface area contributed by atoms with Gasteiger partial charge in [-0.2, -0.15) is 0 Å². The number of hydrogen-bond acceptors (Lipinski definition) is 4. The second-order valence-electron chi connectivity index (χ2n) is 4.26. The molecule has 0 amide bonds. The molecular formula is C12H12BrClN4O2. The standard InChI is InChI=1S/C12H12BrClN4O2/c1-17-6-7(11(19)18(2)12(17)20)4-15-8-3-9(13)10(14)16-5-8/h3,5-6,15H,4H2,1-2H3. The number of aryl methyl sites for hydroxylation is 1. The van der Waals surface area contributed by atoms with Crippen LogP contribution in [0.1, 0.15) is 5.56 Å². The molecule has 0 aromatic carbocycles. The minimum absolute atomic E-state index is 0.288. The highest BCUT2D eigenvalue weighted by Gasteiger charge is 2.07. The molecule has 8 heteroatoms. The van der Waals surface area contributed by atoms with E-state index >= 15 is 0 Å². The summed E-state index contributed by atoms with van der Waals surface area (Å²) in [7, 11) is 3.06. The number of aromatic nitrogens is 3. The van der Waals surface area contributed by atoms with Crippen LogP contribution in [0, 0.1) is 0 Å². The van der Waals surface area contributed by atoms with E-state index in [1.165, 1.54) is 17.8 Å². The minimum atomic E-state index is -0.352. The summed E-state index contributed by atoms with van der Waals surface area (Å²) in [5, 5.41) is 3.43. The third kappa shape index (κ3) is 2.94. The van der Waals surface area contributed by atoms with E-state index in [1.807, 2.05) is 0 Å². The fourth-order valence-corrected chi connectivity index (χ4v) is 2.17. The first-order valence-electron chi connectivity index (χ1n) is 5.70. The smallest absolute Gasteiger partial charge is 0.330 e. The van der Waals surface area contributed by atoms with Crippen molar-refractivity contribution in [1.29, 1.82) is 0 Å². The number of anilines is 1. The number of pyridine rings is 1. The third-order valence-electron chi connectivity index (χ3n) is 2.80. The molecule has 20 heavy (non-hydrogen) atoms. The van der Waals surface area contributed by atoms with E-state index in [-0.39, 0.29) is 17.8 Å². The van der Waals surface area contributed by atoms with Gasteiger partial charge in [0.05, 0.1) is 21.9 Å². The monoisotopic (exact) mass is 358 g/mol. The van der Waals surface area contributed by atoms with Gasteiger partial charge in [0, 0.05) is 26.8 Å². The van der Waals surface area contributed by atoms with Crippen LogP contribution < -0.4 is 16.6 Å². The number of halogens is 2. The molecule has 0 saturated carbocycles. The quantitative estimate of drug-likeness (QED) is 0.844. The Labute approximate surface area is 128 Å². The Bertz CT molecular complexity index is 769. The highest BCUT2D eigenvalue weighted by Crippen LogP contribution is 2.22. The molecule has 0 atom stereocenters. The molecule has 0 saturated heterocycles. The average molecular weight is 360 g/mol. The molecule has 6 nitrogen and oxygen atoms in total. The Morgan fingerprint density at radius 3 is 2.75 bits per heavy atom. The van der Waals surface area contributed by atoms with E-state index in [2.05, 4.69) is 26.2 Å². The molecule has 0 aliphatic heterocycles. The van der Waals surface area contributed by atoms with Crippen LogP contribution in [0.5, 0.6) is 0 Å². The maximum absolute atomic E-state index is 11.9. The highest BCUT2D eigenvalue weighted by molar-refractivity contribution is 9.10. The first kappa shape index (κ1) is 14.8. The van der Waals surface area contributed by atoms with Gasteiger partial charge in [0.25, 0.3) is 5.56 Å². The molecule has 0 radical (unpaired) electrons. The van der Waals surface area contributed by atoms with Gasteiger partial charge in [-0.15, -0.1) is 0 Å². The second-order valence-corrected chi connectivity index (χ2v) is 5.47. The molecular weight excluding hydrogens is 348 g/mol. The largest absolute Gasteiger partial charge is 0.379 e. The van der Waals surface area contributed by atoms with Crippen LogP contribution in [0.25, 0.3) is 0 Å². The van der Waals surface area contributed by atoms with E-state index in [1.54, 1.807) is 19.3 Å². The Balaban J connectivity index is 2.25. The molecule has 106 valence electrons. The van der Waals surface area contributed by atoms with Gasteiger partial charge in [0.2, 0.25) is 0 Å². The first-order valence-corrected chi connectivity index (χ1v) is 6.87. The summed E-state index contributed by atoms with van der Waals surface area (Å²) in [5.74, 6) is 0. The van der Waals surface area contributed by atoms with Gasteiger partial charge in [0.1, 0.15) is 5.15 Å². The summed E-state index contributed by atoms with van der Waals surface area (Å²) < 4.78 is 3.11. The zero-order valence-electron chi connectivity index (χ0n) is 10.9. The molecule has 0 fully saturated rings. The lowest BCUT2D eigenvalue weighted by Crippen LogP contribution is -2.38. The first-order chi connectivity index (χ1) is 9.40. The minimum Gasteiger partial charge on any atom is -0.379 e. The van der Waals surface area contributed by atoms with Gasteiger partial charge in [-0.1, -0.05) is 11.6 Å². The van der Waals surface area contributed by atoms with Crippen LogP contribution in [0.15, 0.2) is 32.5 Å². The SMILES string of the molecule is Cn1cc(CNc2cnc(Cl)c(Br)c2)c(=O)n(C)c1=O. The molecule has 0 aliphatic carbocycles. The summed E-state index contributed by atoms with van der Waals surface area (Å²) in [6, 6.07) is 1.77. The number of nitrogens with one attached hydrogen (secondary N) is 1. The highest BCUT2D eigenvalue weighted by atomic mass is 79.9. The van der Waals surface area contributed by atoms with Crippen molar-refractivity contribution in [2.45, 2.75) is 6.54 Å². The summed E-state index contributed by atoms with van der Waals surface area (Å²) in [6.45, 7) is 0.288. The van der Waals surface area contributed by atoms with Gasteiger partial charge < -0.3 is 9.88 Å². The van der Waals surface area contributed by atoms with Crippen LogP contribution in [0.3, 0.4) is 0 Å². The van der Waals surface area contributed by atoms with Gasteiger partial charge in [0.15, 0.2) is 0 Å². The Morgan fingerprint density at radius 1 is 1.40 bits per heavy atom. The number of hydrogen-bond donors (Lipinski definition) is 1. The Kier molecular flexibility index (Phi) is 4.29. The number of rotatable bonds is 3. The van der Waals surface area contributed by atoms with Gasteiger partial charge in [-0.05, 0) is 22.0 Å². The van der Waals surface area contributed by atoms with Crippen LogP contribution in [0.4, 0.5) is 5.69 Å². The Hall–Kier alpha value is -1.60. The van der Waals surface area contributed by atoms with E-state index in [0.29, 0.717) is 15.2 Å². The zero-order chi connectivity index (χ0) is 14.9. The van der Waals surface area contributed by atoms with Crippen molar-refractivity contribution < 1.29 is 0 Å². The van der Waals surface area contributed by atoms with Crippen molar-refractivity contribution in [3.63, 3.8) is 0 Å². The van der Waals surface area contributed by atoms with Crippen LogP contribution in [-0.4, -0.2) is 14.1 Å². The predicted molar refractivity (Wildman–Crippen MR) is 81.2 cm³/mol. The molecule has 1 N–H and O–H groups in total. The fraction of sp³-hybridized carbons (Fsp3) is 0.250. The van der Waals surface area contributed by atoms with E-state index < -0.39 is 0 Å². The molecule has 0 unspecified atom stereocenters. The predicted octanol–water partition coefficient (Wildman–Crippen LogP) is 1.51. The number of nitrogens with zero attached hydrogens (tertiary/aromatic N) is 3. The van der Waals surface area contributed by atoms with E-state index in [0.717, 1.165) is 10.3 Å². The summed E-state index contributed by atoms with van der Waals surface area (Å²) >= 11 is 9.08. The maximum atomic E-state index is 11.9. The second kappa shape index (κ2) is 5.80. The average Bonchev–Trinajstić information content (AvgIpc) is 2.42. The van der Waals surface area contributed by atoms with Crippen molar-refractivity contribution in [3.05, 3.63) is 54.5 Å². The van der Waals surface area contributed by atoms with Crippen LogP contribution >= 0.6 is 27.5 Å². The van der Waals surface area contributed by atoms with Gasteiger partial charge in [-0.3, -0.25) is 9.36 Å². The Morgan fingerprint density at radius 2 is 2.10 bits per heavy atom. The van der Waals surface area contributed by atoms with Crippen molar-refractivity contribution in [2.75, 3.05) is 5.32 Å². The van der Waals surface area contributed by atoms with E-state index in [9.17, 15) is 9.59 Å². The molecule has 2 aromatic rings. The summed E-state index contributed by atoms with van der Waals surface area (Å²) in [6.07, 6.45) is 3.09. The van der Waals surface area contributed by atoms with Crippen molar-refractivity contribution in [3.8, 4) is 0 Å². The molecule has 2 heterocycles. The fourth-order valence-electron chi connectivity index (χ4n) is 1.72. The summed E-state index contributed by atoms with van der Waals surface area (Å²) in [4.78, 5) is 27.5. The lowest BCUT2D eigenvalue weighted by Gasteiger charge is -2.09. The summed E-state index contributed by atoms with van der Waals surface area (Å²) in [5.41, 5.74) is 0.536. The molecule has 0 aliphatic rings. The van der Waals surface area contributed by atoms with Crippen molar-refractivity contribution in [1.82, 2.24) is 14.1 Å². The van der Waals surface area contributed by atoms with E-state index in [4.69, 9.17) is 11.6 Å². The molecule has 2 aromatic heterocycles. The normalized spacial score (nSPS) is 10.6. The van der Waals surface area contributed by atoms with Crippen molar-refractivity contribution in [2.24, 2.45) is 14.1 Å². The van der Waals surface area contributed by atoms with Crippen molar-refractivity contribution >= 4 is 33.2 Å². The molecule has 0 bridgehead atoms. The third-order valence-corrected chi connectivity index (χ3v) is 3.93. The maximum Gasteiger partial charge on any atom is 0.330 e.